The summed E-state index contributed by atoms with van der Waals surface area (Å²) in [6.45, 7) is 3.24. The predicted octanol–water partition coefficient (Wildman–Crippen LogP) is 0.560. The molecule has 1 fully saturated rings. The summed E-state index contributed by atoms with van der Waals surface area (Å²) in [5.41, 5.74) is 6.89. The molecule has 0 unspecified atom stereocenters. The van der Waals surface area contributed by atoms with Gasteiger partial charge < -0.3 is 5.73 Å². The minimum Gasteiger partial charge on any atom is -0.383 e. The van der Waals surface area contributed by atoms with Gasteiger partial charge in [-0.2, -0.15) is 20.7 Å². The molecule has 2 aromatic heterocycles. The van der Waals surface area contributed by atoms with E-state index in [9.17, 15) is 8.42 Å². The Bertz CT molecular complexity index is 687. The van der Waals surface area contributed by atoms with E-state index in [-0.39, 0.29) is 10.7 Å². The van der Waals surface area contributed by atoms with E-state index < -0.39 is 10.0 Å². The summed E-state index contributed by atoms with van der Waals surface area (Å²) in [7, 11) is -3.54. The number of piperazine rings is 1. The Kier molecular flexibility index (Phi) is 3.98. The zero-order chi connectivity index (χ0) is 14.9. The molecule has 114 valence electrons. The molecule has 0 radical (unpaired) electrons. The second-order valence-electron chi connectivity index (χ2n) is 4.96. The summed E-state index contributed by atoms with van der Waals surface area (Å²) >= 11 is 1.68. The van der Waals surface area contributed by atoms with Gasteiger partial charge in [-0.25, -0.2) is 8.42 Å². The Labute approximate surface area is 127 Å². The first-order chi connectivity index (χ1) is 10.1. The molecule has 3 rings (SSSR count). The van der Waals surface area contributed by atoms with Gasteiger partial charge in [-0.05, 0) is 22.4 Å². The second-order valence-corrected chi connectivity index (χ2v) is 7.65. The predicted molar refractivity (Wildman–Crippen MR) is 81.4 cm³/mol. The normalized spacial score (nSPS) is 18.1. The van der Waals surface area contributed by atoms with Gasteiger partial charge in [0.1, 0.15) is 10.7 Å². The maximum absolute atomic E-state index is 12.5. The van der Waals surface area contributed by atoms with Crippen LogP contribution in [0.3, 0.4) is 0 Å². The van der Waals surface area contributed by atoms with Crippen molar-refractivity contribution in [3.05, 3.63) is 28.6 Å². The van der Waals surface area contributed by atoms with Crippen LogP contribution < -0.4 is 5.73 Å². The highest BCUT2D eigenvalue weighted by atomic mass is 32.2. The minimum atomic E-state index is -3.54. The fourth-order valence-electron chi connectivity index (χ4n) is 2.40. The molecule has 3 heterocycles. The van der Waals surface area contributed by atoms with Gasteiger partial charge in [0.05, 0.1) is 6.20 Å². The number of aromatic nitrogens is 2. The lowest BCUT2D eigenvalue weighted by atomic mass is 10.3. The quantitative estimate of drug-likeness (QED) is 0.855. The SMILES string of the molecule is Nc1[nH]ncc1S(=O)(=O)N1CCN(Cc2ccsc2)CC1. The molecule has 9 heteroatoms. The molecule has 3 N–H and O–H groups in total. The van der Waals surface area contributed by atoms with Crippen molar-refractivity contribution in [3.8, 4) is 0 Å². The van der Waals surface area contributed by atoms with Crippen molar-refractivity contribution >= 4 is 27.2 Å². The van der Waals surface area contributed by atoms with Crippen molar-refractivity contribution in [3.63, 3.8) is 0 Å². The third kappa shape index (κ3) is 2.95. The highest BCUT2D eigenvalue weighted by Gasteiger charge is 2.30. The highest BCUT2D eigenvalue weighted by molar-refractivity contribution is 7.89. The molecular formula is C12H17N5O2S2. The van der Waals surface area contributed by atoms with Gasteiger partial charge in [0.15, 0.2) is 0 Å². The monoisotopic (exact) mass is 327 g/mol. The van der Waals surface area contributed by atoms with Crippen molar-refractivity contribution in [2.24, 2.45) is 0 Å². The fourth-order valence-corrected chi connectivity index (χ4v) is 4.49. The largest absolute Gasteiger partial charge is 0.383 e. The number of nitrogens with two attached hydrogens (primary N) is 1. The third-order valence-corrected chi connectivity index (χ3v) is 6.23. The van der Waals surface area contributed by atoms with Crippen LogP contribution in [0.5, 0.6) is 0 Å². The molecule has 0 aliphatic carbocycles. The Morgan fingerprint density at radius 2 is 2.10 bits per heavy atom. The first-order valence-electron chi connectivity index (χ1n) is 6.60. The molecule has 0 saturated carbocycles. The van der Waals surface area contributed by atoms with Gasteiger partial charge in [-0.15, -0.1) is 0 Å². The summed E-state index contributed by atoms with van der Waals surface area (Å²) in [6.07, 6.45) is 1.27. The van der Waals surface area contributed by atoms with E-state index in [2.05, 4.69) is 31.9 Å². The lowest BCUT2D eigenvalue weighted by molar-refractivity contribution is 0.182. The van der Waals surface area contributed by atoms with Crippen molar-refractivity contribution in [1.82, 2.24) is 19.4 Å². The number of sulfonamides is 1. The van der Waals surface area contributed by atoms with Gasteiger partial charge in [0, 0.05) is 32.7 Å². The average Bonchev–Trinajstić information content (AvgIpc) is 3.11. The van der Waals surface area contributed by atoms with E-state index in [1.807, 2.05) is 0 Å². The Balaban J connectivity index is 1.64. The van der Waals surface area contributed by atoms with Crippen LogP contribution in [-0.2, 0) is 16.6 Å². The number of nitrogen functional groups attached to an aromatic ring is 1. The maximum Gasteiger partial charge on any atom is 0.248 e. The number of H-pyrrole nitrogens is 1. The van der Waals surface area contributed by atoms with Crippen molar-refractivity contribution < 1.29 is 8.42 Å². The van der Waals surface area contributed by atoms with Crippen LogP contribution in [0.25, 0.3) is 0 Å². The molecule has 21 heavy (non-hydrogen) atoms. The van der Waals surface area contributed by atoms with Gasteiger partial charge >= 0.3 is 0 Å². The maximum atomic E-state index is 12.5. The van der Waals surface area contributed by atoms with Crippen LogP contribution in [-0.4, -0.2) is 54.0 Å². The van der Waals surface area contributed by atoms with Gasteiger partial charge in [0.25, 0.3) is 0 Å². The number of hydrogen-bond donors (Lipinski definition) is 2. The van der Waals surface area contributed by atoms with E-state index >= 15 is 0 Å². The molecule has 2 aromatic rings. The smallest absolute Gasteiger partial charge is 0.248 e. The molecule has 1 aliphatic rings. The Morgan fingerprint density at radius 1 is 1.33 bits per heavy atom. The van der Waals surface area contributed by atoms with Crippen LogP contribution in [0.4, 0.5) is 5.82 Å². The lowest BCUT2D eigenvalue weighted by Gasteiger charge is -2.33. The van der Waals surface area contributed by atoms with Crippen LogP contribution in [0.2, 0.25) is 0 Å². The molecule has 1 saturated heterocycles. The lowest BCUT2D eigenvalue weighted by Crippen LogP contribution is -2.48. The zero-order valence-electron chi connectivity index (χ0n) is 11.4. The van der Waals surface area contributed by atoms with Crippen molar-refractivity contribution in [2.75, 3.05) is 31.9 Å². The number of thiophene rings is 1. The fraction of sp³-hybridized carbons (Fsp3) is 0.417. The molecule has 0 bridgehead atoms. The summed E-state index contributed by atoms with van der Waals surface area (Å²) in [4.78, 5) is 2.32. The highest BCUT2D eigenvalue weighted by Crippen LogP contribution is 2.21. The molecular weight excluding hydrogens is 310 g/mol. The van der Waals surface area contributed by atoms with Gasteiger partial charge in [-0.3, -0.25) is 10.00 Å². The van der Waals surface area contributed by atoms with E-state index in [0.717, 1.165) is 6.54 Å². The first-order valence-corrected chi connectivity index (χ1v) is 8.98. The van der Waals surface area contributed by atoms with Gasteiger partial charge in [0.2, 0.25) is 10.0 Å². The third-order valence-electron chi connectivity index (χ3n) is 3.57. The number of rotatable bonds is 4. The summed E-state index contributed by atoms with van der Waals surface area (Å²) < 4.78 is 26.4. The Morgan fingerprint density at radius 3 is 2.67 bits per heavy atom. The van der Waals surface area contributed by atoms with Crippen LogP contribution >= 0.6 is 11.3 Å². The summed E-state index contributed by atoms with van der Waals surface area (Å²) in [5, 5.41) is 10.3. The molecule has 0 aromatic carbocycles. The second kappa shape index (κ2) is 5.76. The van der Waals surface area contributed by atoms with E-state index in [1.54, 1.807) is 11.3 Å². The zero-order valence-corrected chi connectivity index (χ0v) is 13.0. The molecule has 0 amide bonds. The van der Waals surface area contributed by atoms with Crippen LogP contribution in [0.15, 0.2) is 27.9 Å². The molecule has 7 nitrogen and oxygen atoms in total. The van der Waals surface area contributed by atoms with Crippen molar-refractivity contribution in [1.29, 1.82) is 0 Å². The van der Waals surface area contributed by atoms with E-state index in [1.165, 1.54) is 16.1 Å². The van der Waals surface area contributed by atoms with Crippen molar-refractivity contribution in [2.45, 2.75) is 11.4 Å². The minimum absolute atomic E-state index is 0.0637. The van der Waals surface area contributed by atoms with Crippen LogP contribution in [0, 0.1) is 0 Å². The number of nitrogens with one attached hydrogen (secondary N) is 1. The first kappa shape index (κ1) is 14.5. The van der Waals surface area contributed by atoms with Crippen LogP contribution in [0.1, 0.15) is 5.56 Å². The number of hydrogen-bond acceptors (Lipinski definition) is 6. The number of anilines is 1. The molecule has 0 spiro atoms. The molecule has 0 atom stereocenters. The topological polar surface area (TPSA) is 95.3 Å². The molecule has 1 aliphatic heterocycles. The Hall–Kier alpha value is -1.42. The summed E-state index contributed by atoms with van der Waals surface area (Å²) in [5.74, 6) is 0.0932. The standard InChI is InChI=1S/C12H17N5O2S2/c13-12-11(7-14-15-12)21(18,19)17-4-2-16(3-5-17)8-10-1-6-20-9-10/h1,6-7,9H,2-5,8H2,(H3,13,14,15). The number of aromatic amines is 1. The number of nitrogens with zero attached hydrogens (tertiary/aromatic N) is 3. The van der Waals surface area contributed by atoms with Gasteiger partial charge in [-0.1, -0.05) is 0 Å². The van der Waals surface area contributed by atoms with E-state index in [0.29, 0.717) is 26.2 Å². The summed E-state index contributed by atoms with van der Waals surface area (Å²) in [6, 6.07) is 2.10. The van der Waals surface area contributed by atoms with E-state index in [4.69, 9.17) is 5.73 Å². The average molecular weight is 327 g/mol.